The fourth-order valence-electron chi connectivity index (χ4n) is 5.55. The van der Waals surface area contributed by atoms with E-state index in [0.29, 0.717) is 30.9 Å². The van der Waals surface area contributed by atoms with Gasteiger partial charge in [0.25, 0.3) is 0 Å². The molecule has 1 aromatic carbocycles. The van der Waals surface area contributed by atoms with Crippen LogP contribution < -0.4 is 0 Å². The summed E-state index contributed by atoms with van der Waals surface area (Å²) >= 11 is 0. The van der Waals surface area contributed by atoms with Gasteiger partial charge in [-0.25, -0.2) is 4.79 Å². The molecule has 0 unspecified atom stereocenters. The monoisotopic (exact) mass is 412 g/mol. The highest BCUT2D eigenvalue weighted by atomic mass is 16.5. The third-order valence-electron chi connectivity index (χ3n) is 7.53. The van der Waals surface area contributed by atoms with Crippen molar-refractivity contribution in [2.24, 2.45) is 17.8 Å². The maximum absolute atomic E-state index is 11.7. The van der Waals surface area contributed by atoms with E-state index in [2.05, 4.69) is 31.7 Å². The molecule has 0 bridgehead atoms. The average Bonchev–Trinajstić information content (AvgIpc) is 2.75. The molecule has 0 amide bonds. The second-order valence-corrected chi connectivity index (χ2v) is 9.80. The number of benzene rings is 1. The molecule has 0 spiro atoms. The molecule has 1 N–H and O–H groups in total. The minimum absolute atomic E-state index is 0.142. The molecule has 3 heteroatoms. The van der Waals surface area contributed by atoms with Crippen LogP contribution >= 0.6 is 0 Å². The number of esters is 1. The quantitative estimate of drug-likeness (QED) is 0.422. The van der Waals surface area contributed by atoms with E-state index in [-0.39, 0.29) is 12.6 Å². The third-order valence-corrected chi connectivity index (χ3v) is 7.53. The first-order valence-electron chi connectivity index (χ1n) is 12.0. The van der Waals surface area contributed by atoms with E-state index >= 15 is 0 Å². The van der Waals surface area contributed by atoms with E-state index in [1.807, 2.05) is 0 Å². The molecule has 2 aliphatic carbocycles. The normalized spacial score (nSPS) is 26.9. The molecule has 3 rings (SSSR count). The lowest BCUT2D eigenvalue weighted by Crippen LogP contribution is -2.24. The number of carbonyl (C=O) groups is 1. The van der Waals surface area contributed by atoms with Crippen molar-refractivity contribution < 1.29 is 14.6 Å². The number of carbonyl (C=O) groups excluding carboxylic acids is 1. The molecule has 2 aliphatic rings. The minimum Gasteiger partial charge on any atom is -0.462 e. The lowest BCUT2D eigenvalue weighted by Gasteiger charge is -2.37. The maximum Gasteiger partial charge on any atom is 0.333 e. The van der Waals surface area contributed by atoms with Crippen molar-refractivity contribution >= 4 is 5.97 Å². The predicted octanol–water partition coefficient (Wildman–Crippen LogP) is 5.98. The Balaban J connectivity index is 1.59. The Bertz CT molecular complexity index is 707. The van der Waals surface area contributed by atoms with Gasteiger partial charge in [0.15, 0.2) is 0 Å². The van der Waals surface area contributed by atoms with Gasteiger partial charge in [-0.05, 0) is 92.2 Å². The van der Waals surface area contributed by atoms with Crippen LogP contribution in [-0.2, 0) is 22.4 Å². The largest absolute Gasteiger partial charge is 0.462 e. The summed E-state index contributed by atoms with van der Waals surface area (Å²) in [5, 5.41) is 9.42. The fraction of sp³-hybridized carbons (Fsp3) is 0.667. The van der Waals surface area contributed by atoms with Crippen molar-refractivity contribution in [3.8, 4) is 0 Å². The molecule has 0 heterocycles. The first kappa shape index (κ1) is 23.1. The zero-order chi connectivity index (χ0) is 21.5. The van der Waals surface area contributed by atoms with E-state index in [9.17, 15) is 9.90 Å². The van der Waals surface area contributed by atoms with Crippen molar-refractivity contribution in [3.05, 3.63) is 47.0 Å². The molecule has 1 aromatic rings. The Labute approximate surface area is 182 Å². The van der Waals surface area contributed by atoms with Crippen LogP contribution in [0.25, 0.3) is 0 Å². The highest BCUT2D eigenvalue weighted by Gasteiger charge is 2.30. The molecule has 0 saturated heterocycles. The molecule has 166 valence electrons. The standard InChI is InChI=1S/C27H40O3/c1-19(2)27(29)30-17-15-26-18-25(13-12-24(26)14-16-28)23-10-8-22(9-11-23)21-6-4-20(3)5-7-21/h12-13,18,20-23,28H,1,4-11,14-17H2,2-3H3. The predicted molar refractivity (Wildman–Crippen MR) is 123 cm³/mol. The van der Waals surface area contributed by atoms with Gasteiger partial charge in [0.05, 0.1) is 6.61 Å². The minimum atomic E-state index is -0.328. The zero-order valence-electron chi connectivity index (χ0n) is 19.0. The molecule has 0 aliphatic heterocycles. The van der Waals surface area contributed by atoms with Gasteiger partial charge in [0.2, 0.25) is 0 Å². The van der Waals surface area contributed by atoms with Gasteiger partial charge in [0, 0.05) is 18.6 Å². The molecule has 3 nitrogen and oxygen atoms in total. The third kappa shape index (κ3) is 6.20. The van der Waals surface area contributed by atoms with Gasteiger partial charge >= 0.3 is 5.97 Å². The maximum atomic E-state index is 11.7. The topological polar surface area (TPSA) is 46.5 Å². The SMILES string of the molecule is C=C(C)C(=O)OCCc1cc(C2CCC(C3CCC(C)CC3)CC2)ccc1CCO. The van der Waals surface area contributed by atoms with Gasteiger partial charge in [-0.3, -0.25) is 0 Å². The molecular weight excluding hydrogens is 372 g/mol. The Kier molecular flexibility index (Phi) is 8.56. The molecule has 30 heavy (non-hydrogen) atoms. The van der Waals surface area contributed by atoms with E-state index in [4.69, 9.17) is 4.74 Å². The summed E-state index contributed by atoms with van der Waals surface area (Å²) in [5.41, 5.74) is 4.23. The van der Waals surface area contributed by atoms with Gasteiger partial charge in [-0.15, -0.1) is 0 Å². The number of hydrogen-bond acceptors (Lipinski definition) is 3. The summed E-state index contributed by atoms with van der Waals surface area (Å²) in [6.07, 6.45) is 12.4. The van der Waals surface area contributed by atoms with Crippen LogP contribution in [0.3, 0.4) is 0 Å². The van der Waals surface area contributed by atoms with Gasteiger partial charge in [-0.2, -0.15) is 0 Å². The van der Waals surface area contributed by atoms with Crippen molar-refractivity contribution in [1.29, 1.82) is 0 Å². The Hall–Kier alpha value is -1.61. The fourth-order valence-corrected chi connectivity index (χ4v) is 5.55. The van der Waals surface area contributed by atoms with Crippen molar-refractivity contribution in [2.75, 3.05) is 13.2 Å². The Morgan fingerprint density at radius 3 is 2.23 bits per heavy atom. The van der Waals surface area contributed by atoms with Crippen LogP contribution in [0.15, 0.2) is 30.4 Å². The van der Waals surface area contributed by atoms with Crippen molar-refractivity contribution in [3.63, 3.8) is 0 Å². The second-order valence-electron chi connectivity index (χ2n) is 9.80. The molecule has 2 fully saturated rings. The number of ether oxygens (including phenoxy) is 1. The molecule has 0 atom stereocenters. The van der Waals surface area contributed by atoms with E-state index in [1.165, 1.54) is 62.5 Å². The summed E-state index contributed by atoms with van der Waals surface area (Å²) in [7, 11) is 0. The average molecular weight is 413 g/mol. The smallest absolute Gasteiger partial charge is 0.333 e. The summed E-state index contributed by atoms with van der Waals surface area (Å²) in [5.74, 6) is 3.15. The highest BCUT2D eigenvalue weighted by molar-refractivity contribution is 5.86. The van der Waals surface area contributed by atoms with Crippen LogP contribution in [-0.4, -0.2) is 24.3 Å². The van der Waals surface area contributed by atoms with Gasteiger partial charge in [-0.1, -0.05) is 44.5 Å². The molecule has 0 radical (unpaired) electrons. The van der Waals surface area contributed by atoms with Crippen LogP contribution in [0.5, 0.6) is 0 Å². The van der Waals surface area contributed by atoms with Crippen molar-refractivity contribution in [2.45, 2.75) is 84.0 Å². The van der Waals surface area contributed by atoms with Gasteiger partial charge in [0.1, 0.15) is 0 Å². The molecule has 2 saturated carbocycles. The number of aliphatic hydroxyl groups is 1. The van der Waals surface area contributed by atoms with Crippen LogP contribution in [0.4, 0.5) is 0 Å². The first-order valence-corrected chi connectivity index (χ1v) is 12.0. The number of rotatable bonds is 8. The second kappa shape index (κ2) is 11.1. The van der Waals surface area contributed by atoms with Crippen molar-refractivity contribution in [1.82, 2.24) is 0 Å². The van der Waals surface area contributed by atoms with E-state index < -0.39 is 0 Å². The summed E-state index contributed by atoms with van der Waals surface area (Å²) < 4.78 is 5.31. The zero-order valence-corrected chi connectivity index (χ0v) is 19.0. The lowest BCUT2D eigenvalue weighted by atomic mass is 9.68. The van der Waals surface area contributed by atoms with Crippen LogP contribution in [0.1, 0.15) is 87.8 Å². The van der Waals surface area contributed by atoms with Crippen LogP contribution in [0.2, 0.25) is 0 Å². The van der Waals surface area contributed by atoms with Crippen LogP contribution in [0, 0.1) is 17.8 Å². The number of aliphatic hydroxyl groups excluding tert-OH is 1. The molecular formula is C27H40O3. The Morgan fingerprint density at radius 2 is 1.63 bits per heavy atom. The lowest BCUT2D eigenvalue weighted by molar-refractivity contribution is -0.138. The van der Waals surface area contributed by atoms with E-state index in [0.717, 1.165) is 23.3 Å². The van der Waals surface area contributed by atoms with E-state index in [1.54, 1.807) is 6.92 Å². The number of hydrogen-bond donors (Lipinski definition) is 1. The summed E-state index contributed by atoms with van der Waals surface area (Å²) in [6.45, 7) is 8.22. The first-order chi connectivity index (χ1) is 14.5. The van der Waals surface area contributed by atoms with Gasteiger partial charge < -0.3 is 9.84 Å². The highest BCUT2D eigenvalue weighted by Crippen LogP contribution is 2.44. The Morgan fingerprint density at radius 1 is 1.00 bits per heavy atom. The molecule has 0 aromatic heterocycles. The summed E-state index contributed by atoms with van der Waals surface area (Å²) in [6, 6.07) is 6.75. The summed E-state index contributed by atoms with van der Waals surface area (Å²) in [4.78, 5) is 11.7.